The summed E-state index contributed by atoms with van der Waals surface area (Å²) in [6, 6.07) is 10.6. The Labute approximate surface area is 120 Å². The summed E-state index contributed by atoms with van der Waals surface area (Å²) in [6.45, 7) is 3.14. The fraction of sp³-hybridized carbons (Fsp3) is 0.176. The summed E-state index contributed by atoms with van der Waals surface area (Å²) >= 11 is 0. The second-order valence-corrected chi connectivity index (χ2v) is 5.31. The van der Waals surface area contributed by atoms with E-state index in [1.807, 2.05) is 0 Å². The first-order chi connectivity index (χ1) is 9.89. The van der Waals surface area contributed by atoms with Crippen molar-refractivity contribution < 1.29 is 18.3 Å². The first-order valence-corrected chi connectivity index (χ1v) is 6.57. The summed E-state index contributed by atoms with van der Waals surface area (Å²) in [5.41, 5.74) is -0.615. The highest BCUT2D eigenvalue weighted by atomic mass is 19.1. The molecule has 0 spiro atoms. The molecule has 1 N–H and O–H groups in total. The number of furan rings is 1. The summed E-state index contributed by atoms with van der Waals surface area (Å²) in [7, 11) is 0. The second-order valence-electron chi connectivity index (χ2n) is 5.31. The zero-order chi connectivity index (χ0) is 15.2. The molecular weight excluding hydrogens is 274 g/mol. The smallest absolute Gasteiger partial charge is 0.170 e. The van der Waals surface area contributed by atoms with Crippen LogP contribution in [0.15, 0.2) is 46.9 Å². The molecule has 1 atom stereocenters. The second kappa shape index (κ2) is 4.67. The number of hydrogen-bond donors (Lipinski definition) is 1. The molecule has 0 saturated carbocycles. The summed E-state index contributed by atoms with van der Waals surface area (Å²) in [5.74, 6) is -0.731. The lowest BCUT2D eigenvalue weighted by molar-refractivity contribution is 0.0781. The standard InChI is InChI=1S/C17H14F2O2/c1-10-6-7-12(9-14(10)19)17(2,20)15-8-11-4-3-5-13(18)16(11)21-15/h3-9,20H,1-2H3. The molecule has 0 bridgehead atoms. The van der Waals surface area contributed by atoms with Gasteiger partial charge >= 0.3 is 0 Å². The molecule has 0 aliphatic rings. The highest BCUT2D eigenvalue weighted by molar-refractivity contribution is 5.78. The molecule has 2 aromatic carbocycles. The minimum absolute atomic E-state index is 0.0837. The topological polar surface area (TPSA) is 33.4 Å². The van der Waals surface area contributed by atoms with Crippen LogP contribution in [0, 0.1) is 18.6 Å². The van der Waals surface area contributed by atoms with Crippen LogP contribution in [0.1, 0.15) is 23.8 Å². The maximum Gasteiger partial charge on any atom is 0.170 e. The zero-order valence-electron chi connectivity index (χ0n) is 11.7. The van der Waals surface area contributed by atoms with Gasteiger partial charge in [-0.2, -0.15) is 0 Å². The molecule has 2 nitrogen and oxygen atoms in total. The number of aryl methyl sites for hydroxylation is 1. The molecule has 0 aliphatic carbocycles. The van der Waals surface area contributed by atoms with E-state index in [1.54, 1.807) is 37.3 Å². The highest BCUT2D eigenvalue weighted by Gasteiger charge is 2.30. The van der Waals surface area contributed by atoms with Crippen molar-refractivity contribution in [1.82, 2.24) is 0 Å². The molecule has 1 aromatic heterocycles. The van der Waals surface area contributed by atoms with Gasteiger partial charge in [0.05, 0.1) is 0 Å². The average Bonchev–Trinajstić information content (AvgIpc) is 2.88. The van der Waals surface area contributed by atoms with Crippen LogP contribution >= 0.6 is 0 Å². The number of fused-ring (bicyclic) bond motifs is 1. The van der Waals surface area contributed by atoms with Gasteiger partial charge in [-0.3, -0.25) is 0 Å². The minimum Gasteiger partial charge on any atom is -0.455 e. The van der Waals surface area contributed by atoms with E-state index in [4.69, 9.17) is 4.42 Å². The van der Waals surface area contributed by atoms with Gasteiger partial charge in [0.15, 0.2) is 11.4 Å². The largest absolute Gasteiger partial charge is 0.455 e. The Hall–Kier alpha value is -2.20. The van der Waals surface area contributed by atoms with Crippen LogP contribution in [0.4, 0.5) is 8.78 Å². The van der Waals surface area contributed by atoms with Gasteiger partial charge in [0.2, 0.25) is 0 Å². The average molecular weight is 288 g/mol. The molecule has 0 fully saturated rings. The Morgan fingerprint density at radius 3 is 2.48 bits per heavy atom. The third kappa shape index (κ3) is 2.21. The molecule has 1 unspecified atom stereocenters. The molecule has 3 aromatic rings. The third-order valence-electron chi connectivity index (χ3n) is 3.71. The first-order valence-electron chi connectivity index (χ1n) is 6.57. The molecule has 108 valence electrons. The van der Waals surface area contributed by atoms with Crippen LogP contribution < -0.4 is 0 Å². The van der Waals surface area contributed by atoms with Crippen molar-refractivity contribution in [1.29, 1.82) is 0 Å². The van der Waals surface area contributed by atoms with Crippen LogP contribution in [-0.4, -0.2) is 5.11 Å². The quantitative estimate of drug-likeness (QED) is 0.763. The molecule has 1 heterocycles. The van der Waals surface area contributed by atoms with Gasteiger partial charge in [-0.05, 0) is 43.2 Å². The van der Waals surface area contributed by atoms with Crippen molar-refractivity contribution in [2.75, 3.05) is 0 Å². The van der Waals surface area contributed by atoms with E-state index < -0.39 is 17.2 Å². The maximum atomic E-state index is 13.7. The van der Waals surface area contributed by atoms with Crippen LogP contribution in [0.2, 0.25) is 0 Å². The van der Waals surface area contributed by atoms with Crippen molar-refractivity contribution in [2.24, 2.45) is 0 Å². The monoisotopic (exact) mass is 288 g/mol. The lowest BCUT2D eigenvalue weighted by Crippen LogP contribution is -2.22. The number of rotatable bonds is 2. The summed E-state index contributed by atoms with van der Waals surface area (Å²) in [4.78, 5) is 0. The summed E-state index contributed by atoms with van der Waals surface area (Å²) < 4.78 is 32.8. The van der Waals surface area contributed by atoms with Gasteiger partial charge in [-0.25, -0.2) is 8.78 Å². The van der Waals surface area contributed by atoms with Crippen molar-refractivity contribution in [3.63, 3.8) is 0 Å². The van der Waals surface area contributed by atoms with E-state index in [9.17, 15) is 13.9 Å². The maximum absolute atomic E-state index is 13.7. The molecule has 0 radical (unpaired) electrons. The van der Waals surface area contributed by atoms with E-state index in [0.29, 0.717) is 16.5 Å². The minimum atomic E-state index is -1.54. The number of benzene rings is 2. The molecular formula is C17H14F2O2. The molecule has 3 rings (SSSR count). The highest BCUT2D eigenvalue weighted by Crippen LogP contribution is 2.34. The van der Waals surface area contributed by atoms with Gasteiger partial charge < -0.3 is 9.52 Å². The molecule has 0 aliphatic heterocycles. The van der Waals surface area contributed by atoms with Crippen LogP contribution in [0.3, 0.4) is 0 Å². The van der Waals surface area contributed by atoms with Crippen LogP contribution in [-0.2, 0) is 5.60 Å². The van der Waals surface area contributed by atoms with Gasteiger partial charge in [0.25, 0.3) is 0 Å². The SMILES string of the molecule is Cc1ccc(C(C)(O)c2cc3cccc(F)c3o2)cc1F. The van der Waals surface area contributed by atoms with Crippen molar-refractivity contribution in [2.45, 2.75) is 19.4 Å². The number of aliphatic hydroxyl groups is 1. The zero-order valence-corrected chi connectivity index (χ0v) is 11.7. The Morgan fingerprint density at radius 1 is 1.05 bits per heavy atom. The normalized spacial score (nSPS) is 14.3. The van der Waals surface area contributed by atoms with E-state index in [-0.39, 0.29) is 11.3 Å². The van der Waals surface area contributed by atoms with Crippen molar-refractivity contribution in [3.8, 4) is 0 Å². The third-order valence-corrected chi connectivity index (χ3v) is 3.71. The lowest BCUT2D eigenvalue weighted by atomic mass is 9.92. The predicted molar refractivity (Wildman–Crippen MR) is 76.0 cm³/mol. The number of hydrogen-bond acceptors (Lipinski definition) is 2. The van der Waals surface area contributed by atoms with Crippen molar-refractivity contribution >= 4 is 11.0 Å². The number of halogens is 2. The Balaban J connectivity index is 2.14. The Kier molecular flexibility index (Phi) is 3.06. The van der Waals surface area contributed by atoms with Gasteiger partial charge in [0.1, 0.15) is 17.2 Å². The molecule has 4 heteroatoms. The lowest BCUT2D eigenvalue weighted by Gasteiger charge is -2.21. The molecule has 0 saturated heterocycles. The predicted octanol–water partition coefficient (Wildman–Crippen LogP) is 4.28. The molecule has 0 amide bonds. The summed E-state index contributed by atoms with van der Waals surface area (Å²) in [6.07, 6.45) is 0. The Morgan fingerprint density at radius 2 is 1.81 bits per heavy atom. The van der Waals surface area contributed by atoms with Crippen molar-refractivity contribution in [3.05, 3.63) is 71.0 Å². The van der Waals surface area contributed by atoms with E-state index >= 15 is 0 Å². The Bertz CT molecular complexity index is 819. The van der Waals surface area contributed by atoms with E-state index in [0.717, 1.165) is 0 Å². The summed E-state index contributed by atoms with van der Waals surface area (Å²) in [5, 5.41) is 11.2. The van der Waals surface area contributed by atoms with Crippen LogP contribution in [0.5, 0.6) is 0 Å². The first kappa shape index (κ1) is 13.8. The fourth-order valence-corrected chi connectivity index (χ4v) is 2.31. The van der Waals surface area contributed by atoms with Crippen LogP contribution in [0.25, 0.3) is 11.0 Å². The fourth-order valence-electron chi connectivity index (χ4n) is 2.31. The van der Waals surface area contributed by atoms with Gasteiger partial charge in [0, 0.05) is 5.39 Å². The van der Waals surface area contributed by atoms with E-state index in [1.165, 1.54) is 19.1 Å². The van der Waals surface area contributed by atoms with Gasteiger partial charge in [-0.15, -0.1) is 0 Å². The molecule has 21 heavy (non-hydrogen) atoms. The van der Waals surface area contributed by atoms with Gasteiger partial charge in [-0.1, -0.05) is 24.3 Å². The van der Waals surface area contributed by atoms with E-state index in [2.05, 4.69) is 0 Å². The number of para-hydroxylation sites is 1.